The maximum atomic E-state index is 12.8. The second-order valence-corrected chi connectivity index (χ2v) is 14.7. The van der Waals surface area contributed by atoms with Crippen LogP contribution in [0.5, 0.6) is 0 Å². The van der Waals surface area contributed by atoms with Crippen molar-refractivity contribution < 1.29 is 19.4 Å². The van der Waals surface area contributed by atoms with Crippen LogP contribution in [0.25, 0.3) is 0 Å². The Morgan fingerprint density at radius 3 is 2.22 bits per heavy atom. The first-order valence-electron chi connectivity index (χ1n) is 14.8. The number of hydrogen-bond acceptors (Lipinski definition) is 3. The topological polar surface area (TPSA) is 63.6 Å². The number of rotatable bonds is 6. The molecular formula is C32H50O4. The lowest BCUT2D eigenvalue weighted by Gasteiger charge is -2.63. The van der Waals surface area contributed by atoms with Gasteiger partial charge in [0.25, 0.3) is 0 Å². The average molecular weight is 499 g/mol. The maximum absolute atomic E-state index is 12.8. The Hall–Kier alpha value is -1.32. The molecule has 5 aliphatic rings. The van der Waals surface area contributed by atoms with Crippen LogP contribution in [0.4, 0.5) is 0 Å². The first-order valence-corrected chi connectivity index (χ1v) is 14.8. The van der Waals surface area contributed by atoms with Crippen LogP contribution in [0.2, 0.25) is 0 Å². The van der Waals surface area contributed by atoms with Crippen molar-refractivity contribution in [1.82, 2.24) is 0 Å². The summed E-state index contributed by atoms with van der Waals surface area (Å²) in [5.74, 6) is 1.25. The lowest BCUT2D eigenvalue weighted by Crippen LogP contribution is -2.60. The summed E-state index contributed by atoms with van der Waals surface area (Å²) in [5.41, 5.74) is 1.63. The largest absolute Gasteiger partial charge is 0.481 e. The van der Waals surface area contributed by atoms with E-state index in [1.807, 2.05) is 6.92 Å². The van der Waals surface area contributed by atoms with Crippen LogP contribution >= 0.6 is 0 Å². The highest BCUT2D eigenvalue weighted by Gasteiger charge is 2.83. The first kappa shape index (κ1) is 26.3. The van der Waals surface area contributed by atoms with Gasteiger partial charge in [0, 0.05) is 6.92 Å². The average Bonchev–Trinajstić information content (AvgIpc) is 3.37. The number of aliphatic carboxylic acids is 1. The van der Waals surface area contributed by atoms with Crippen LogP contribution in [-0.4, -0.2) is 23.1 Å². The van der Waals surface area contributed by atoms with Crippen LogP contribution in [0.3, 0.4) is 0 Å². The van der Waals surface area contributed by atoms with Crippen LogP contribution in [0, 0.1) is 50.7 Å². The molecule has 0 aliphatic heterocycles. The number of hydrogen-bond donors (Lipinski definition) is 1. The summed E-state index contributed by atoms with van der Waals surface area (Å²) in [6.45, 7) is 15.5. The van der Waals surface area contributed by atoms with Crippen molar-refractivity contribution in [3.8, 4) is 0 Å². The number of ether oxygens (including phenoxy) is 1. The van der Waals surface area contributed by atoms with E-state index in [9.17, 15) is 14.7 Å². The van der Waals surface area contributed by atoms with E-state index in [-0.39, 0.29) is 17.3 Å². The third-order valence-corrected chi connectivity index (χ3v) is 13.4. The maximum Gasteiger partial charge on any atom is 0.313 e. The number of allylic oxidation sites excluding steroid dienone is 2. The molecule has 2 spiro atoms. The molecule has 36 heavy (non-hydrogen) atoms. The van der Waals surface area contributed by atoms with E-state index in [0.29, 0.717) is 28.6 Å². The summed E-state index contributed by atoms with van der Waals surface area (Å²) >= 11 is 0. The van der Waals surface area contributed by atoms with Gasteiger partial charge in [-0.3, -0.25) is 9.59 Å². The highest BCUT2D eigenvalue weighted by molar-refractivity contribution is 5.77. The molecule has 202 valence electrons. The zero-order valence-corrected chi connectivity index (χ0v) is 23.9. The van der Waals surface area contributed by atoms with Gasteiger partial charge in [0.1, 0.15) is 11.5 Å². The van der Waals surface area contributed by atoms with E-state index >= 15 is 0 Å². The highest BCUT2D eigenvalue weighted by atomic mass is 16.5. The molecule has 5 fully saturated rings. The van der Waals surface area contributed by atoms with Gasteiger partial charge in [-0.1, -0.05) is 32.4 Å². The van der Waals surface area contributed by atoms with Gasteiger partial charge in [0.15, 0.2) is 0 Å². The second-order valence-electron chi connectivity index (χ2n) is 14.7. The lowest BCUT2D eigenvalue weighted by molar-refractivity contribution is -0.198. The van der Waals surface area contributed by atoms with E-state index in [1.165, 1.54) is 57.4 Å². The summed E-state index contributed by atoms with van der Waals surface area (Å²) < 4.78 is 5.68. The van der Waals surface area contributed by atoms with Gasteiger partial charge in [-0.2, -0.15) is 0 Å². The molecule has 5 aliphatic carbocycles. The van der Waals surface area contributed by atoms with Gasteiger partial charge in [-0.05, 0) is 137 Å². The van der Waals surface area contributed by atoms with Gasteiger partial charge >= 0.3 is 11.9 Å². The van der Waals surface area contributed by atoms with Crippen molar-refractivity contribution in [3.63, 3.8) is 0 Å². The number of fused-ring (bicyclic) bond motifs is 2. The SMILES string of the molecule is CC(=O)O[C@H]1CC[C@]23C[C@]24CC[C@]2(C)[C@@H]([C@H](C)CCC=C(C)C)CC[C@@]2(C)C4CC[C@H]3[C@]1(C)C(=O)O. The summed E-state index contributed by atoms with van der Waals surface area (Å²) in [6.07, 6.45) is 14.7. The van der Waals surface area contributed by atoms with Gasteiger partial charge in [-0.25, -0.2) is 0 Å². The monoisotopic (exact) mass is 498 g/mol. The molecule has 5 rings (SSSR count). The Morgan fingerprint density at radius 2 is 1.58 bits per heavy atom. The normalized spacial score (nSPS) is 49.5. The van der Waals surface area contributed by atoms with Crippen molar-refractivity contribution in [1.29, 1.82) is 0 Å². The zero-order valence-electron chi connectivity index (χ0n) is 23.9. The number of carbonyl (C=O) groups excluding carboxylic acids is 1. The Balaban J connectivity index is 1.42. The van der Waals surface area contributed by atoms with Crippen molar-refractivity contribution >= 4 is 11.9 Å². The lowest BCUT2D eigenvalue weighted by atomic mass is 9.41. The predicted octanol–water partition coefficient (Wildman–Crippen LogP) is 7.80. The molecule has 1 N–H and O–H groups in total. The predicted molar refractivity (Wildman–Crippen MR) is 142 cm³/mol. The van der Waals surface area contributed by atoms with Gasteiger partial charge in [0.05, 0.1) is 0 Å². The standard InChI is InChI=1S/C32H50O4/c1-20(2)9-8-10-21(3)23-13-15-29(6)24-11-12-25-30(7,27(34)35)26(36-22(4)33)14-16-31(25)19-32(24,31)18-17-28(23,29)5/h9,21,23-26H,8,10-19H2,1-7H3,(H,34,35)/t21-,23-,24?,25+,26+,28-,29+,30+,31-,32+/m1/s1. The number of carbonyl (C=O) groups is 2. The summed E-state index contributed by atoms with van der Waals surface area (Å²) in [5, 5.41) is 10.5. The van der Waals surface area contributed by atoms with Crippen LogP contribution in [0.15, 0.2) is 11.6 Å². The molecule has 0 amide bonds. The summed E-state index contributed by atoms with van der Waals surface area (Å²) in [7, 11) is 0. The molecule has 5 saturated carbocycles. The fourth-order valence-corrected chi connectivity index (χ4v) is 11.5. The van der Waals surface area contributed by atoms with Crippen LogP contribution < -0.4 is 0 Å². The molecule has 0 radical (unpaired) electrons. The van der Waals surface area contributed by atoms with Crippen molar-refractivity contribution in [3.05, 3.63) is 11.6 Å². The zero-order chi connectivity index (χ0) is 26.3. The summed E-state index contributed by atoms with van der Waals surface area (Å²) in [4.78, 5) is 24.7. The Bertz CT molecular complexity index is 965. The fraction of sp³-hybridized carbons (Fsp3) is 0.875. The Labute approximate surface area is 219 Å². The van der Waals surface area contributed by atoms with Gasteiger partial charge in [0.2, 0.25) is 0 Å². The van der Waals surface area contributed by atoms with Crippen molar-refractivity contribution in [2.45, 2.75) is 125 Å². The third kappa shape index (κ3) is 3.24. The van der Waals surface area contributed by atoms with E-state index in [4.69, 9.17) is 4.74 Å². The van der Waals surface area contributed by atoms with Crippen molar-refractivity contribution in [2.75, 3.05) is 0 Å². The van der Waals surface area contributed by atoms with E-state index in [2.05, 4.69) is 40.7 Å². The Kier molecular flexibility index (Phi) is 6.09. The molecule has 4 heteroatoms. The third-order valence-electron chi connectivity index (χ3n) is 13.4. The highest BCUT2D eigenvalue weighted by Crippen LogP contribution is 2.89. The number of carboxylic acids is 1. The summed E-state index contributed by atoms with van der Waals surface area (Å²) in [6, 6.07) is 0. The molecule has 4 nitrogen and oxygen atoms in total. The van der Waals surface area contributed by atoms with Crippen molar-refractivity contribution in [2.24, 2.45) is 50.7 Å². The molecule has 0 heterocycles. The fourth-order valence-electron chi connectivity index (χ4n) is 11.5. The first-order chi connectivity index (χ1) is 16.8. The quantitative estimate of drug-likeness (QED) is 0.300. The Morgan fingerprint density at radius 1 is 0.917 bits per heavy atom. The smallest absolute Gasteiger partial charge is 0.313 e. The molecule has 1 unspecified atom stereocenters. The molecule has 0 bridgehead atoms. The van der Waals surface area contributed by atoms with Gasteiger partial charge < -0.3 is 9.84 Å². The number of carboxylic acid groups (broad SMARTS) is 1. The molecule has 0 aromatic heterocycles. The van der Waals surface area contributed by atoms with E-state index < -0.39 is 17.5 Å². The second kappa shape index (κ2) is 8.34. The van der Waals surface area contributed by atoms with E-state index in [0.717, 1.165) is 31.1 Å². The van der Waals surface area contributed by atoms with Crippen LogP contribution in [-0.2, 0) is 14.3 Å². The van der Waals surface area contributed by atoms with E-state index in [1.54, 1.807) is 0 Å². The molecule has 0 aromatic carbocycles. The molecule has 10 atom stereocenters. The molecule has 0 aromatic rings. The van der Waals surface area contributed by atoms with Crippen LogP contribution in [0.1, 0.15) is 119 Å². The minimum atomic E-state index is -0.975. The molecular weight excluding hydrogens is 448 g/mol. The van der Waals surface area contributed by atoms with Gasteiger partial charge in [-0.15, -0.1) is 0 Å². The molecule has 0 saturated heterocycles. The minimum absolute atomic E-state index is 0.116. The minimum Gasteiger partial charge on any atom is -0.481 e. The number of esters is 1.